The second-order valence-corrected chi connectivity index (χ2v) is 9.65. The van der Waals surface area contributed by atoms with Gasteiger partial charge in [-0.1, -0.05) is 35.5 Å². The highest BCUT2D eigenvalue weighted by atomic mass is 35.5. The molecule has 3 aliphatic rings. The second kappa shape index (κ2) is 10.1. The Morgan fingerprint density at radius 3 is 2.39 bits per heavy atom. The van der Waals surface area contributed by atoms with Crippen molar-refractivity contribution >= 4 is 35.1 Å². The molecule has 5 rings (SSSR count). The maximum Gasteiger partial charge on any atom is 0.254 e. The van der Waals surface area contributed by atoms with Gasteiger partial charge in [0, 0.05) is 56.4 Å². The Morgan fingerprint density at radius 2 is 1.70 bits per heavy atom. The summed E-state index contributed by atoms with van der Waals surface area (Å²) in [5.41, 5.74) is 1.80. The molecule has 4 heterocycles. The van der Waals surface area contributed by atoms with Crippen molar-refractivity contribution in [1.29, 1.82) is 0 Å². The number of hydrogen-bond donors (Lipinski definition) is 0. The molecule has 3 aliphatic heterocycles. The second-order valence-electron chi connectivity index (χ2n) is 8.32. The predicted octanol–water partition coefficient (Wildman–Crippen LogP) is 3.24. The van der Waals surface area contributed by atoms with Gasteiger partial charge in [0.1, 0.15) is 11.0 Å². The van der Waals surface area contributed by atoms with E-state index >= 15 is 0 Å². The van der Waals surface area contributed by atoms with Crippen LogP contribution < -0.4 is 4.90 Å². The Labute approximate surface area is 202 Å². The first kappa shape index (κ1) is 22.9. The molecule has 3 fully saturated rings. The number of benzene rings is 1. The number of piperidine rings is 1. The van der Waals surface area contributed by atoms with Crippen LogP contribution in [0.4, 0.5) is 5.82 Å². The van der Waals surface area contributed by atoms with Crippen molar-refractivity contribution in [1.82, 2.24) is 14.9 Å². The molecule has 0 bridgehead atoms. The zero-order valence-corrected chi connectivity index (χ0v) is 19.9. The number of rotatable bonds is 5. The molecule has 1 spiro atoms. The standard InChI is InChI=1S/C23H27ClN4O4S/c24-19-15-20(27-7-5-23(6-8-27)31-13-14-32-23)26-22(25-19)33-16-17-1-3-18(4-2-17)21(29)28-9-11-30-12-10-28/h1-4,15H,5-14,16H2. The van der Waals surface area contributed by atoms with Gasteiger partial charge in [-0.2, -0.15) is 0 Å². The lowest BCUT2D eigenvalue weighted by Gasteiger charge is -2.38. The zero-order chi connectivity index (χ0) is 22.7. The summed E-state index contributed by atoms with van der Waals surface area (Å²) in [6.07, 6.45) is 1.62. The number of carbonyl (C=O) groups is 1. The predicted molar refractivity (Wildman–Crippen MR) is 126 cm³/mol. The first-order valence-electron chi connectivity index (χ1n) is 11.3. The molecule has 1 amide bonds. The van der Waals surface area contributed by atoms with Gasteiger partial charge >= 0.3 is 0 Å². The summed E-state index contributed by atoms with van der Waals surface area (Å²) in [4.78, 5) is 25.8. The smallest absolute Gasteiger partial charge is 0.254 e. The molecule has 3 saturated heterocycles. The van der Waals surface area contributed by atoms with E-state index in [0.717, 1.165) is 37.3 Å². The van der Waals surface area contributed by atoms with Crippen LogP contribution in [0, 0.1) is 0 Å². The summed E-state index contributed by atoms with van der Waals surface area (Å²) in [6.45, 7) is 5.42. The van der Waals surface area contributed by atoms with E-state index < -0.39 is 5.79 Å². The molecule has 2 aromatic rings. The third kappa shape index (κ3) is 5.44. The number of morpholine rings is 1. The average molecular weight is 491 g/mol. The highest BCUT2D eigenvalue weighted by Gasteiger charge is 2.40. The van der Waals surface area contributed by atoms with E-state index in [9.17, 15) is 4.79 Å². The summed E-state index contributed by atoms with van der Waals surface area (Å²) in [5, 5.41) is 1.07. The summed E-state index contributed by atoms with van der Waals surface area (Å²) in [7, 11) is 0. The number of nitrogens with zero attached hydrogens (tertiary/aromatic N) is 4. The van der Waals surface area contributed by atoms with Crippen molar-refractivity contribution in [2.75, 3.05) is 57.5 Å². The Kier molecular flexibility index (Phi) is 7.03. The molecule has 33 heavy (non-hydrogen) atoms. The van der Waals surface area contributed by atoms with Gasteiger partial charge in [0.25, 0.3) is 5.91 Å². The topological polar surface area (TPSA) is 77.0 Å². The highest BCUT2D eigenvalue weighted by molar-refractivity contribution is 7.98. The first-order chi connectivity index (χ1) is 16.1. The molecule has 0 atom stereocenters. The van der Waals surface area contributed by atoms with Crippen molar-refractivity contribution in [2.45, 2.75) is 29.5 Å². The van der Waals surface area contributed by atoms with Gasteiger partial charge in [0.05, 0.1) is 26.4 Å². The molecule has 0 N–H and O–H groups in total. The number of halogens is 1. The van der Waals surface area contributed by atoms with Crippen LogP contribution in [0.15, 0.2) is 35.5 Å². The average Bonchev–Trinajstić information content (AvgIpc) is 3.31. The lowest BCUT2D eigenvalue weighted by molar-refractivity contribution is -0.169. The van der Waals surface area contributed by atoms with Crippen molar-refractivity contribution in [3.05, 3.63) is 46.6 Å². The van der Waals surface area contributed by atoms with Gasteiger partial charge in [-0.3, -0.25) is 4.79 Å². The quantitative estimate of drug-likeness (QED) is 0.359. The van der Waals surface area contributed by atoms with E-state index in [-0.39, 0.29) is 5.91 Å². The minimum absolute atomic E-state index is 0.0528. The fraction of sp³-hybridized carbons (Fsp3) is 0.522. The number of aromatic nitrogens is 2. The maximum absolute atomic E-state index is 12.6. The van der Waals surface area contributed by atoms with E-state index in [4.69, 9.17) is 30.8 Å². The molecular weight excluding hydrogens is 464 g/mol. The SMILES string of the molecule is O=C(c1ccc(CSc2nc(Cl)cc(N3CCC4(CC3)OCCO4)n2)cc1)N1CCOCC1. The number of amides is 1. The van der Waals surface area contributed by atoms with Gasteiger partial charge in [-0.25, -0.2) is 9.97 Å². The molecule has 0 unspecified atom stereocenters. The molecule has 1 aromatic heterocycles. The van der Waals surface area contributed by atoms with Gasteiger partial charge in [0.2, 0.25) is 0 Å². The maximum atomic E-state index is 12.6. The third-order valence-corrected chi connectivity index (χ3v) is 7.30. The van der Waals surface area contributed by atoms with Crippen LogP contribution in [0.1, 0.15) is 28.8 Å². The molecule has 0 radical (unpaired) electrons. The van der Waals surface area contributed by atoms with Crippen molar-refractivity contribution in [2.24, 2.45) is 0 Å². The minimum atomic E-state index is -0.416. The molecule has 176 valence electrons. The molecule has 8 nitrogen and oxygen atoms in total. The highest BCUT2D eigenvalue weighted by Crippen LogP contribution is 2.33. The van der Waals surface area contributed by atoms with E-state index in [1.807, 2.05) is 35.2 Å². The molecule has 0 aliphatic carbocycles. The van der Waals surface area contributed by atoms with Crippen LogP contribution in [-0.4, -0.2) is 79.2 Å². The molecule has 10 heteroatoms. The van der Waals surface area contributed by atoms with Crippen LogP contribution in [0.25, 0.3) is 0 Å². The number of thioether (sulfide) groups is 1. The minimum Gasteiger partial charge on any atom is -0.378 e. The summed E-state index contributed by atoms with van der Waals surface area (Å²) in [6, 6.07) is 9.55. The van der Waals surface area contributed by atoms with Crippen LogP contribution in [0.2, 0.25) is 5.15 Å². The fourth-order valence-electron chi connectivity index (χ4n) is 4.31. The summed E-state index contributed by atoms with van der Waals surface area (Å²) >= 11 is 7.84. The van der Waals surface area contributed by atoms with E-state index in [2.05, 4.69) is 9.88 Å². The van der Waals surface area contributed by atoms with Crippen LogP contribution in [-0.2, 0) is 20.0 Å². The van der Waals surface area contributed by atoms with E-state index in [1.54, 1.807) is 0 Å². The van der Waals surface area contributed by atoms with Gasteiger partial charge < -0.3 is 24.0 Å². The molecular formula is C23H27ClN4O4S. The van der Waals surface area contributed by atoms with Crippen molar-refractivity contribution in [3.63, 3.8) is 0 Å². The molecule has 1 aromatic carbocycles. The number of anilines is 1. The lowest BCUT2D eigenvalue weighted by Crippen LogP contribution is -2.45. The summed E-state index contributed by atoms with van der Waals surface area (Å²) < 4.78 is 17.0. The largest absolute Gasteiger partial charge is 0.378 e. The van der Waals surface area contributed by atoms with Gasteiger partial charge in [0.15, 0.2) is 10.9 Å². The van der Waals surface area contributed by atoms with Gasteiger partial charge in [-0.15, -0.1) is 0 Å². The lowest BCUT2D eigenvalue weighted by atomic mass is 10.0. The molecule has 0 saturated carbocycles. The van der Waals surface area contributed by atoms with Gasteiger partial charge in [-0.05, 0) is 17.7 Å². The van der Waals surface area contributed by atoms with Crippen LogP contribution in [0.3, 0.4) is 0 Å². The number of hydrogen-bond acceptors (Lipinski definition) is 8. The number of ether oxygens (including phenoxy) is 3. The normalized spacial score (nSPS) is 20.4. The Hall–Kier alpha value is -1.91. The van der Waals surface area contributed by atoms with E-state index in [1.165, 1.54) is 11.8 Å². The Morgan fingerprint density at radius 1 is 1.00 bits per heavy atom. The third-order valence-electron chi connectivity index (χ3n) is 6.19. The van der Waals surface area contributed by atoms with Crippen LogP contribution in [0.5, 0.6) is 0 Å². The Balaban J connectivity index is 1.18. The van der Waals surface area contributed by atoms with Crippen LogP contribution >= 0.6 is 23.4 Å². The summed E-state index contributed by atoms with van der Waals surface area (Å²) in [5.74, 6) is 1.16. The fourth-order valence-corrected chi connectivity index (χ4v) is 5.35. The first-order valence-corrected chi connectivity index (χ1v) is 12.6. The monoisotopic (exact) mass is 490 g/mol. The number of carbonyl (C=O) groups excluding carboxylic acids is 1. The van der Waals surface area contributed by atoms with Crippen molar-refractivity contribution < 1.29 is 19.0 Å². The Bertz CT molecular complexity index is 971. The van der Waals surface area contributed by atoms with E-state index in [0.29, 0.717) is 61.1 Å². The zero-order valence-electron chi connectivity index (χ0n) is 18.4. The van der Waals surface area contributed by atoms with Crippen molar-refractivity contribution in [3.8, 4) is 0 Å².